The summed E-state index contributed by atoms with van der Waals surface area (Å²) < 4.78 is 8.00. The molecule has 0 aliphatic carbocycles. The van der Waals surface area contributed by atoms with Crippen molar-refractivity contribution in [1.82, 2.24) is 14.5 Å². The molecule has 5 heteroatoms. The molecular weight excluding hydrogens is 286 g/mol. The van der Waals surface area contributed by atoms with Gasteiger partial charge in [-0.2, -0.15) is 0 Å². The summed E-state index contributed by atoms with van der Waals surface area (Å²) in [5.74, 6) is 2.45. The van der Waals surface area contributed by atoms with Crippen molar-refractivity contribution in [3.8, 4) is 5.75 Å². The van der Waals surface area contributed by atoms with Crippen molar-refractivity contribution in [3.63, 3.8) is 0 Å². The van der Waals surface area contributed by atoms with E-state index in [0.717, 1.165) is 35.6 Å². The van der Waals surface area contributed by atoms with Gasteiger partial charge < -0.3 is 14.2 Å². The van der Waals surface area contributed by atoms with Gasteiger partial charge in [0.2, 0.25) is 0 Å². The van der Waals surface area contributed by atoms with E-state index in [1.54, 1.807) is 0 Å². The first-order valence-corrected chi connectivity index (χ1v) is 7.95. The summed E-state index contributed by atoms with van der Waals surface area (Å²) in [6.45, 7) is 5.81. The van der Waals surface area contributed by atoms with Crippen LogP contribution in [0.3, 0.4) is 0 Å². The third kappa shape index (κ3) is 3.50. The summed E-state index contributed by atoms with van der Waals surface area (Å²) in [5.41, 5.74) is 2.06. The molecule has 0 amide bonds. The van der Waals surface area contributed by atoms with E-state index in [1.165, 1.54) is 0 Å². The first-order valence-electron chi connectivity index (χ1n) is 7.41. The second-order valence-electron chi connectivity index (χ2n) is 5.51. The Balaban J connectivity index is 2.54. The van der Waals surface area contributed by atoms with Gasteiger partial charge in [-0.25, -0.2) is 4.98 Å². The third-order valence-electron chi connectivity index (χ3n) is 3.44. The van der Waals surface area contributed by atoms with E-state index in [0.29, 0.717) is 18.5 Å². The fourth-order valence-corrected chi connectivity index (χ4v) is 2.94. The van der Waals surface area contributed by atoms with Gasteiger partial charge in [0.1, 0.15) is 17.1 Å². The van der Waals surface area contributed by atoms with Crippen molar-refractivity contribution in [2.75, 3.05) is 33.1 Å². The number of likely N-dealkylation sites (N-methyl/N-ethyl adjacent to an activating group) is 1. The highest BCUT2D eigenvalue weighted by molar-refractivity contribution is 6.17. The highest BCUT2D eigenvalue weighted by atomic mass is 35.5. The number of alkyl halides is 1. The lowest BCUT2D eigenvalue weighted by molar-refractivity contribution is 0.337. The molecule has 4 nitrogen and oxygen atoms in total. The number of nitrogens with zero attached hydrogens (tertiary/aromatic N) is 3. The molecule has 0 N–H and O–H groups in total. The Morgan fingerprint density at radius 2 is 2.14 bits per heavy atom. The molecule has 0 spiro atoms. The molecule has 116 valence electrons. The van der Waals surface area contributed by atoms with Crippen molar-refractivity contribution in [3.05, 3.63) is 24.0 Å². The summed E-state index contributed by atoms with van der Waals surface area (Å²) in [4.78, 5) is 6.97. The molecule has 0 aliphatic heterocycles. The summed E-state index contributed by atoms with van der Waals surface area (Å²) in [5, 5.41) is 0. The highest BCUT2D eigenvalue weighted by Crippen LogP contribution is 2.29. The van der Waals surface area contributed by atoms with Gasteiger partial charge in [-0.15, -0.1) is 11.6 Å². The van der Waals surface area contributed by atoms with Gasteiger partial charge >= 0.3 is 0 Å². The quantitative estimate of drug-likeness (QED) is 0.735. The number of aryl methyl sites for hydroxylation is 1. The van der Waals surface area contributed by atoms with Gasteiger partial charge in [-0.05, 0) is 40.1 Å². The summed E-state index contributed by atoms with van der Waals surface area (Å²) in [6, 6.07) is 6.44. The van der Waals surface area contributed by atoms with Crippen LogP contribution in [0, 0.1) is 0 Å². The van der Waals surface area contributed by atoms with Gasteiger partial charge in [0.05, 0.1) is 12.1 Å². The van der Waals surface area contributed by atoms with Crippen molar-refractivity contribution < 1.29 is 4.74 Å². The zero-order valence-electron chi connectivity index (χ0n) is 13.3. The number of hydrogen-bond donors (Lipinski definition) is 0. The lowest BCUT2D eigenvalue weighted by Crippen LogP contribution is -2.23. The van der Waals surface area contributed by atoms with Crippen LogP contribution in [0.5, 0.6) is 5.75 Å². The van der Waals surface area contributed by atoms with Crippen LogP contribution in [-0.4, -0.2) is 47.6 Å². The molecule has 0 saturated carbocycles. The fraction of sp³-hybridized carbons (Fsp3) is 0.562. The van der Waals surface area contributed by atoms with Crippen LogP contribution in [0.15, 0.2) is 18.2 Å². The molecule has 1 heterocycles. The number of fused-ring (bicyclic) bond motifs is 1. The van der Waals surface area contributed by atoms with Gasteiger partial charge in [-0.1, -0.05) is 6.07 Å². The molecule has 1 atom stereocenters. The van der Waals surface area contributed by atoms with E-state index >= 15 is 0 Å². The second kappa shape index (κ2) is 7.14. The number of aromatic nitrogens is 2. The zero-order chi connectivity index (χ0) is 15.4. The smallest absolute Gasteiger partial charge is 0.147 e. The maximum Gasteiger partial charge on any atom is 0.147 e. The Labute approximate surface area is 131 Å². The highest BCUT2D eigenvalue weighted by Gasteiger charge is 2.18. The zero-order valence-corrected chi connectivity index (χ0v) is 14.0. The first kappa shape index (κ1) is 16.1. The minimum absolute atomic E-state index is 0.333. The number of imidazole rings is 1. The number of benzene rings is 1. The molecule has 1 aromatic heterocycles. The van der Waals surface area contributed by atoms with Crippen LogP contribution in [0.4, 0.5) is 0 Å². The Morgan fingerprint density at radius 3 is 2.76 bits per heavy atom. The van der Waals surface area contributed by atoms with Gasteiger partial charge in [0.25, 0.3) is 0 Å². The Hall–Kier alpha value is -1.26. The van der Waals surface area contributed by atoms with E-state index in [9.17, 15) is 0 Å². The van der Waals surface area contributed by atoms with Crippen LogP contribution in [0.2, 0.25) is 0 Å². The van der Waals surface area contributed by atoms with Crippen LogP contribution >= 0.6 is 11.6 Å². The summed E-state index contributed by atoms with van der Waals surface area (Å²) in [6.07, 6.45) is 0.763. The van der Waals surface area contributed by atoms with Crippen LogP contribution in [-0.2, 0) is 6.42 Å². The Morgan fingerprint density at radius 1 is 1.38 bits per heavy atom. The van der Waals surface area contributed by atoms with E-state index in [1.807, 2.05) is 19.1 Å². The maximum atomic E-state index is 5.95. The van der Waals surface area contributed by atoms with Gasteiger partial charge in [0, 0.05) is 24.9 Å². The minimum atomic E-state index is 0.333. The second-order valence-corrected chi connectivity index (χ2v) is 5.88. The third-order valence-corrected chi connectivity index (χ3v) is 3.63. The average Bonchev–Trinajstić information content (AvgIpc) is 2.78. The lowest BCUT2D eigenvalue weighted by atomic mass is 10.2. The van der Waals surface area contributed by atoms with Crippen molar-refractivity contribution in [2.45, 2.75) is 26.3 Å². The topological polar surface area (TPSA) is 30.3 Å². The predicted octanol–water partition coefficient (Wildman–Crippen LogP) is 3.34. The molecule has 0 aliphatic rings. The van der Waals surface area contributed by atoms with Crippen LogP contribution in [0.25, 0.3) is 11.0 Å². The van der Waals surface area contributed by atoms with E-state index < -0.39 is 0 Å². The number of rotatable bonds is 7. The fourth-order valence-electron chi connectivity index (χ4n) is 2.77. The van der Waals surface area contributed by atoms with E-state index in [4.69, 9.17) is 21.3 Å². The summed E-state index contributed by atoms with van der Waals surface area (Å²) >= 11 is 5.95. The molecule has 0 bridgehead atoms. The molecule has 2 rings (SSSR count). The molecule has 0 fully saturated rings. The normalized spacial score (nSPS) is 13.0. The molecule has 2 aromatic rings. The molecular formula is C16H24ClN3O. The molecule has 1 aromatic carbocycles. The van der Waals surface area contributed by atoms with E-state index in [2.05, 4.69) is 36.6 Å². The predicted molar refractivity (Wildman–Crippen MR) is 88.6 cm³/mol. The first-order chi connectivity index (χ1) is 10.1. The lowest BCUT2D eigenvalue weighted by Gasteiger charge is -2.21. The van der Waals surface area contributed by atoms with Crippen molar-refractivity contribution in [2.24, 2.45) is 0 Å². The number of hydrogen-bond acceptors (Lipinski definition) is 3. The summed E-state index contributed by atoms with van der Waals surface area (Å²) in [7, 11) is 4.17. The number of ether oxygens (including phenoxy) is 1. The standard InChI is InChI=1S/C16H24ClN3O/c1-5-21-14-8-6-7-13-16(14)18-15(9-10-17)20(13)12(2)11-19(3)4/h6-8,12H,5,9-11H2,1-4H3. The van der Waals surface area contributed by atoms with Gasteiger partial charge in [-0.3, -0.25) is 0 Å². The van der Waals surface area contributed by atoms with E-state index in [-0.39, 0.29) is 0 Å². The number of para-hydroxylation sites is 1. The largest absolute Gasteiger partial charge is 0.492 e. The Bertz CT molecular complexity index is 594. The van der Waals surface area contributed by atoms with Crippen LogP contribution < -0.4 is 4.74 Å². The minimum Gasteiger partial charge on any atom is -0.492 e. The molecule has 0 radical (unpaired) electrons. The van der Waals surface area contributed by atoms with Gasteiger partial charge in [0.15, 0.2) is 0 Å². The van der Waals surface area contributed by atoms with Crippen LogP contribution in [0.1, 0.15) is 25.7 Å². The molecule has 0 saturated heterocycles. The average molecular weight is 310 g/mol. The molecule has 21 heavy (non-hydrogen) atoms. The Kier molecular flexibility index (Phi) is 5.48. The SMILES string of the molecule is CCOc1cccc2c1nc(CCCl)n2C(C)CN(C)C. The number of halogens is 1. The van der Waals surface area contributed by atoms with Crippen molar-refractivity contribution in [1.29, 1.82) is 0 Å². The maximum absolute atomic E-state index is 5.95. The monoisotopic (exact) mass is 309 g/mol. The van der Waals surface area contributed by atoms with Crippen molar-refractivity contribution >= 4 is 22.6 Å². The molecule has 1 unspecified atom stereocenters.